The highest BCUT2D eigenvalue weighted by molar-refractivity contribution is 7.91. The summed E-state index contributed by atoms with van der Waals surface area (Å²) in [5.41, 5.74) is 1.39. The van der Waals surface area contributed by atoms with Crippen molar-refractivity contribution in [2.75, 3.05) is 5.75 Å². The molecule has 0 amide bonds. The van der Waals surface area contributed by atoms with Crippen LogP contribution >= 0.6 is 0 Å². The standard InChI is InChI=1S/C16H23NO2S/c1-13-7-8-14(2)15(11-13)20(18,19)10-6-5-9-16(3,4)12-17/h7-8,11H,5-6,9-10H2,1-4H3. The second-order valence-electron chi connectivity index (χ2n) is 6.04. The lowest BCUT2D eigenvalue weighted by molar-refractivity contribution is 0.431. The molecule has 1 aromatic carbocycles. The summed E-state index contributed by atoms with van der Waals surface area (Å²) in [6, 6.07) is 7.75. The molecule has 1 rings (SSSR count). The van der Waals surface area contributed by atoms with Crippen LogP contribution < -0.4 is 0 Å². The van der Waals surface area contributed by atoms with Crippen LogP contribution in [-0.2, 0) is 9.84 Å². The minimum Gasteiger partial charge on any atom is -0.224 e. The largest absolute Gasteiger partial charge is 0.224 e. The van der Waals surface area contributed by atoms with Gasteiger partial charge in [0.25, 0.3) is 0 Å². The fourth-order valence-corrected chi connectivity index (χ4v) is 3.80. The van der Waals surface area contributed by atoms with Gasteiger partial charge in [-0.3, -0.25) is 0 Å². The van der Waals surface area contributed by atoms with Gasteiger partial charge in [-0.25, -0.2) is 8.42 Å². The highest BCUT2D eigenvalue weighted by Gasteiger charge is 2.19. The third-order valence-corrected chi connectivity index (χ3v) is 5.38. The predicted molar refractivity (Wildman–Crippen MR) is 81.2 cm³/mol. The highest BCUT2D eigenvalue weighted by atomic mass is 32.2. The number of benzene rings is 1. The quantitative estimate of drug-likeness (QED) is 0.750. The van der Waals surface area contributed by atoms with Gasteiger partial charge in [0.05, 0.1) is 22.1 Å². The SMILES string of the molecule is Cc1ccc(C)c(S(=O)(=O)CCCCC(C)(C)C#N)c1. The molecule has 1 aromatic rings. The van der Waals surface area contributed by atoms with Crippen LogP contribution in [0.2, 0.25) is 0 Å². The van der Waals surface area contributed by atoms with Crippen molar-refractivity contribution < 1.29 is 8.42 Å². The molecule has 0 heterocycles. The van der Waals surface area contributed by atoms with Gasteiger partial charge in [0.15, 0.2) is 9.84 Å². The smallest absolute Gasteiger partial charge is 0.178 e. The van der Waals surface area contributed by atoms with E-state index in [9.17, 15) is 8.42 Å². The molecule has 0 radical (unpaired) electrons. The van der Waals surface area contributed by atoms with E-state index in [4.69, 9.17) is 5.26 Å². The Labute approximate surface area is 122 Å². The Kier molecular flexibility index (Phi) is 5.35. The maximum absolute atomic E-state index is 12.3. The lowest BCUT2D eigenvalue weighted by atomic mass is 9.89. The summed E-state index contributed by atoms with van der Waals surface area (Å²) in [5.74, 6) is 0.152. The maximum Gasteiger partial charge on any atom is 0.178 e. The summed E-state index contributed by atoms with van der Waals surface area (Å²) in [7, 11) is -3.22. The van der Waals surface area contributed by atoms with E-state index in [0.29, 0.717) is 11.3 Å². The first-order chi connectivity index (χ1) is 9.18. The molecule has 0 spiro atoms. The van der Waals surface area contributed by atoms with Gasteiger partial charge < -0.3 is 0 Å². The van der Waals surface area contributed by atoms with Gasteiger partial charge in [-0.05, 0) is 57.7 Å². The number of nitrogens with zero attached hydrogens (tertiary/aromatic N) is 1. The van der Waals surface area contributed by atoms with Crippen LogP contribution in [0, 0.1) is 30.6 Å². The minimum absolute atomic E-state index is 0.152. The number of rotatable bonds is 6. The van der Waals surface area contributed by atoms with Crippen molar-refractivity contribution in [2.24, 2.45) is 5.41 Å². The second-order valence-corrected chi connectivity index (χ2v) is 8.12. The molecule has 0 fully saturated rings. The van der Waals surface area contributed by atoms with Gasteiger partial charge in [0.2, 0.25) is 0 Å². The number of sulfone groups is 1. The molecule has 0 aliphatic heterocycles. The van der Waals surface area contributed by atoms with Gasteiger partial charge in [-0.1, -0.05) is 18.6 Å². The third kappa shape index (κ3) is 4.64. The van der Waals surface area contributed by atoms with E-state index in [0.717, 1.165) is 24.0 Å². The average molecular weight is 293 g/mol. The van der Waals surface area contributed by atoms with Gasteiger partial charge >= 0.3 is 0 Å². The zero-order chi connectivity index (χ0) is 15.4. The Morgan fingerprint density at radius 2 is 1.85 bits per heavy atom. The Balaban J connectivity index is 2.68. The van der Waals surface area contributed by atoms with Crippen LogP contribution in [0.4, 0.5) is 0 Å². The molecule has 0 aliphatic rings. The fraction of sp³-hybridized carbons (Fsp3) is 0.562. The van der Waals surface area contributed by atoms with E-state index in [1.165, 1.54) is 0 Å². The number of unbranched alkanes of at least 4 members (excludes halogenated alkanes) is 1. The van der Waals surface area contributed by atoms with Crippen molar-refractivity contribution in [3.63, 3.8) is 0 Å². The van der Waals surface area contributed by atoms with E-state index < -0.39 is 9.84 Å². The monoisotopic (exact) mass is 293 g/mol. The molecule has 3 nitrogen and oxygen atoms in total. The molecular weight excluding hydrogens is 270 g/mol. The Bertz CT molecular complexity index is 610. The van der Waals surface area contributed by atoms with Crippen LogP contribution in [0.5, 0.6) is 0 Å². The van der Waals surface area contributed by atoms with Crippen molar-refractivity contribution in [1.82, 2.24) is 0 Å². The Hall–Kier alpha value is -1.34. The van der Waals surface area contributed by atoms with Crippen molar-refractivity contribution in [3.05, 3.63) is 29.3 Å². The lowest BCUT2D eigenvalue weighted by Gasteiger charge is -2.14. The fourth-order valence-electron chi connectivity index (χ4n) is 2.07. The molecule has 0 aromatic heterocycles. The minimum atomic E-state index is -3.22. The zero-order valence-corrected chi connectivity index (χ0v) is 13.5. The molecule has 20 heavy (non-hydrogen) atoms. The predicted octanol–water partition coefficient (Wildman–Crippen LogP) is 3.80. The van der Waals surface area contributed by atoms with Crippen molar-refractivity contribution in [3.8, 4) is 6.07 Å². The molecule has 0 saturated carbocycles. The molecule has 110 valence electrons. The lowest BCUT2D eigenvalue weighted by Crippen LogP contribution is -2.11. The molecule has 0 N–H and O–H groups in total. The maximum atomic E-state index is 12.3. The number of aryl methyl sites for hydroxylation is 2. The molecule has 0 unspecified atom stereocenters. The average Bonchev–Trinajstić information content (AvgIpc) is 2.37. The van der Waals surface area contributed by atoms with Crippen LogP contribution in [0.15, 0.2) is 23.1 Å². The molecule has 4 heteroatoms. The number of hydrogen-bond donors (Lipinski definition) is 0. The van der Waals surface area contributed by atoms with Crippen LogP contribution in [0.25, 0.3) is 0 Å². The van der Waals surface area contributed by atoms with E-state index in [1.54, 1.807) is 6.07 Å². The topological polar surface area (TPSA) is 57.9 Å². The van der Waals surface area contributed by atoms with Crippen molar-refractivity contribution in [1.29, 1.82) is 5.26 Å². The Morgan fingerprint density at radius 1 is 1.20 bits per heavy atom. The Morgan fingerprint density at radius 3 is 2.45 bits per heavy atom. The molecule has 0 saturated heterocycles. The summed E-state index contributed by atoms with van der Waals surface area (Å²) in [6.07, 6.45) is 2.08. The van der Waals surface area contributed by atoms with Gasteiger partial charge in [-0.15, -0.1) is 0 Å². The van der Waals surface area contributed by atoms with Gasteiger partial charge in [0, 0.05) is 0 Å². The van der Waals surface area contributed by atoms with Crippen LogP contribution in [0.3, 0.4) is 0 Å². The first kappa shape index (κ1) is 16.7. The summed E-state index contributed by atoms with van der Waals surface area (Å²) in [6.45, 7) is 7.48. The van der Waals surface area contributed by atoms with Crippen molar-refractivity contribution in [2.45, 2.75) is 51.9 Å². The van der Waals surface area contributed by atoms with E-state index in [-0.39, 0.29) is 11.2 Å². The summed E-state index contributed by atoms with van der Waals surface area (Å²) < 4.78 is 24.7. The first-order valence-electron chi connectivity index (χ1n) is 6.89. The van der Waals surface area contributed by atoms with E-state index in [2.05, 4.69) is 6.07 Å². The normalized spacial score (nSPS) is 12.2. The number of nitriles is 1. The van der Waals surface area contributed by atoms with Gasteiger partial charge in [-0.2, -0.15) is 5.26 Å². The van der Waals surface area contributed by atoms with E-state index >= 15 is 0 Å². The van der Waals surface area contributed by atoms with Gasteiger partial charge in [0.1, 0.15) is 0 Å². The summed E-state index contributed by atoms with van der Waals surface area (Å²) in [4.78, 5) is 0.442. The summed E-state index contributed by atoms with van der Waals surface area (Å²) >= 11 is 0. The van der Waals surface area contributed by atoms with Crippen LogP contribution in [-0.4, -0.2) is 14.2 Å². The highest BCUT2D eigenvalue weighted by Crippen LogP contribution is 2.23. The first-order valence-corrected chi connectivity index (χ1v) is 8.54. The third-order valence-electron chi connectivity index (χ3n) is 3.45. The zero-order valence-electron chi connectivity index (χ0n) is 12.7. The second kappa shape index (κ2) is 6.41. The number of hydrogen-bond acceptors (Lipinski definition) is 3. The van der Waals surface area contributed by atoms with E-state index in [1.807, 2.05) is 39.8 Å². The molecule has 0 aliphatic carbocycles. The molecule has 0 atom stereocenters. The van der Waals surface area contributed by atoms with Crippen LogP contribution in [0.1, 0.15) is 44.2 Å². The summed E-state index contributed by atoms with van der Waals surface area (Å²) in [5, 5.41) is 8.93. The molecular formula is C16H23NO2S. The molecule has 0 bridgehead atoms. The van der Waals surface area contributed by atoms with Crippen molar-refractivity contribution >= 4 is 9.84 Å².